The molecule has 6 nitrogen and oxygen atoms in total. The highest BCUT2D eigenvalue weighted by Crippen LogP contribution is 2.21. The standard InChI is InChI=1S/C18H27N3O3S/c1-15-14-20(12-9-19-15)18(22)13-16-5-7-17(8-6-16)25(23,24)21-10-3-2-4-11-21/h5-8,15,19H,2-4,9-14H2,1H3. The van der Waals surface area contributed by atoms with Crippen LogP contribution in [-0.2, 0) is 21.2 Å². The van der Waals surface area contributed by atoms with Gasteiger partial charge in [0.25, 0.3) is 0 Å². The van der Waals surface area contributed by atoms with Crippen molar-refractivity contribution in [1.82, 2.24) is 14.5 Å². The molecule has 1 aromatic rings. The van der Waals surface area contributed by atoms with Crippen molar-refractivity contribution in [2.45, 2.75) is 43.5 Å². The Hall–Kier alpha value is -1.44. The normalized spacial score (nSPS) is 22.8. The molecule has 1 unspecified atom stereocenters. The molecule has 1 atom stereocenters. The van der Waals surface area contributed by atoms with E-state index in [-0.39, 0.29) is 5.91 Å². The molecule has 2 heterocycles. The number of nitrogens with zero attached hydrogens (tertiary/aromatic N) is 2. The molecule has 0 aromatic heterocycles. The van der Waals surface area contributed by atoms with Crippen molar-refractivity contribution < 1.29 is 13.2 Å². The zero-order valence-corrected chi connectivity index (χ0v) is 15.6. The van der Waals surface area contributed by atoms with Gasteiger partial charge in [0.2, 0.25) is 15.9 Å². The molecule has 1 N–H and O–H groups in total. The highest BCUT2D eigenvalue weighted by molar-refractivity contribution is 7.89. The number of carbonyl (C=O) groups excluding carboxylic acids is 1. The van der Waals surface area contributed by atoms with Crippen molar-refractivity contribution in [2.75, 3.05) is 32.7 Å². The lowest BCUT2D eigenvalue weighted by Gasteiger charge is -2.32. The minimum atomic E-state index is -3.41. The van der Waals surface area contributed by atoms with E-state index in [1.165, 1.54) is 0 Å². The monoisotopic (exact) mass is 365 g/mol. The first-order valence-electron chi connectivity index (χ1n) is 9.07. The van der Waals surface area contributed by atoms with Gasteiger partial charge in [-0.1, -0.05) is 18.6 Å². The molecular formula is C18H27N3O3S. The van der Waals surface area contributed by atoms with Gasteiger partial charge < -0.3 is 10.2 Å². The molecule has 0 saturated carbocycles. The van der Waals surface area contributed by atoms with Crippen molar-refractivity contribution in [3.63, 3.8) is 0 Å². The highest BCUT2D eigenvalue weighted by Gasteiger charge is 2.26. The minimum Gasteiger partial charge on any atom is -0.340 e. The summed E-state index contributed by atoms with van der Waals surface area (Å²) < 4.78 is 26.9. The van der Waals surface area contributed by atoms with E-state index in [4.69, 9.17) is 0 Å². The van der Waals surface area contributed by atoms with Gasteiger partial charge in [-0.05, 0) is 37.5 Å². The number of hydrogen-bond donors (Lipinski definition) is 1. The molecule has 138 valence electrons. The third kappa shape index (κ3) is 4.40. The van der Waals surface area contributed by atoms with E-state index in [0.717, 1.165) is 44.5 Å². The number of carbonyl (C=O) groups is 1. The average molecular weight is 365 g/mol. The summed E-state index contributed by atoms with van der Waals surface area (Å²) in [4.78, 5) is 14.6. The fraction of sp³-hybridized carbons (Fsp3) is 0.611. The van der Waals surface area contributed by atoms with Crippen molar-refractivity contribution in [2.24, 2.45) is 0 Å². The predicted molar refractivity (Wildman–Crippen MR) is 96.8 cm³/mol. The largest absolute Gasteiger partial charge is 0.340 e. The van der Waals surface area contributed by atoms with E-state index in [0.29, 0.717) is 30.4 Å². The van der Waals surface area contributed by atoms with Gasteiger partial charge in [0.15, 0.2) is 0 Å². The summed E-state index contributed by atoms with van der Waals surface area (Å²) in [7, 11) is -3.41. The van der Waals surface area contributed by atoms with Gasteiger partial charge >= 0.3 is 0 Å². The van der Waals surface area contributed by atoms with Gasteiger partial charge in [-0.2, -0.15) is 4.31 Å². The van der Waals surface area contributed by atoms with Gasteiger partial charge in [0.1, 0.15) is 0 Å². The van der Waals surface area contributed by atoms with Crippen LogP contribution in [0.4, 0.5) is 0 Å². The number of sulfonamides is 1. The summed E-state index contributed by atoms with van der Waals surface area (Å²) in [6.45, 7) is 5.54. The van der Waals surface area contributed by atoms with E-state index in [9.17, 15) is 13.2 Å². The topological polar surface area (TPSA) is 69.7 Å². The molecule has 0 aliphatic carbocycles. The summed E-state index contributed by atoms with van der Waals surface area (Å²) in [5.41, 5.74) is 0.855. The second-order valence-electron chi connectivity index (χ2n) is 6.98. The fourth-order valence-corrected chi connectivity index (χ4v) is 5.00. The second-order valence-corrected chi connectivity index (χ2v) is 8.92. The van der Waals surface area contributed by atoms with E-state index in [1.807, 2.05) is 4.90 Å². The van der Waals surface area contributed by atoms with Crippen LogP contribution in [0.1, 0.15) is 31.7 Å². The van der Waals surface area contributed by atoms with Gasteiger partial charge in [-0.3, -0.25) is 4.79 Å². The van der Waals surface area contributed by atoms with Crippen molar-refractivity contribution in [3.8, 4) is 0 Å². The van der Waals surface area contributed by atoms with Crippen LogP contribution in [0, 0.1) is 0 Å². The third-order valence-corrected chi connectivity index (χ3v) is 6.87. The third-order valence-electron chi connectivity index (χ3n) is 4.95. The van der Waals surface area contributed by atoms with Gasteiger partial charge in [0, 0.05) is 38.8 Å². The van der Waals surface area contributed by atoms with Crippen LogP contribution in [-0.4, -0.2) is 62.3 Å². The Balaban J connectivity index is 1.64. The van der Waals surface area contributed by atoms with Crippen molar-refractivity contribution in [3.05, 3.63) is 29.8 Å². The SMILES string of the molecule is CC1CN(C(=O)Cc2ccc(S(=O)(=O)N3CCCCC3)cc2)CCN1. The molecule has 2 fully saturated rings. The molecule has 0 radical (unpaired) electrons. The van der Waals surface area contributed by atoms with E-state index in [2.05, 4.69) is 12.2 Å². The first kappa shape index (κ1) is 18.4. The molecule has 2 aliphatic heterocycles. The summed E-state index contributed by atoms with van der Waals surface area (Å²) in [5.74, 6) is 0.0972. The lowest BCUT2D eigenvalue weighted by molar-refractivity contribution is -0.131. The molecule has 7 heteroatoms. The summed E-state index contributed by atoms with van der Waals surface area (Å²) in [6.07, 6.45) is 3.26. The summed E-state index contributed by atoms with van der Waals surface area (Å²) >= 11 is 0. The Morgan fingerprint density at radius 3 is 2.44 bits per heavy atom. The minimum absolute atomic E-state index is 0.0972. The molecule has 2 aliphatic rings. The number of rotatable bonds is 4. The first-order valence-corrected chi connectivity index (χ1v) is 10.5. The molecule has 1 aromatic carbocycles. The van der Waals surface area contributed by atoms with E-state index < -0.39 is 10.0 Å². The van der Waals surface area contributed by atoms with Gasteiger partial charge in [-0.15, -0.1) is 0 Å². The summed E-state index contributed by atoms with van der Waals surface area (Å²) in [5, 5.41) is 3.32. The zero-order chi connectivity index (χ0) is 17.9. The molecule has 25 heavy (non-hydrogen) atoms. The van der Waals surface area contributed by atoms with Crippen LogP contribution >= 0.6 is 0 Å². The average Bonchev–Trinajstić information content (AvgIpc) is 2.63. The smallest absolute Gasteiger partial charge is 0.243 e. The van der Waals surface area contributed by atoms with Crippen LogP contribution in [0.5, 0.6) is 0 Å². The number of hydrogen-bond acceptors (Lipinski definition) is 4. The highest BCUT2D eigenvalue weighted by atomic mass is 32.2. The maximum atomic E-state index is 12.6. The van der Waals surface area contributed by atoms with Gasteiger partial charge in [0.05, 0.1) is 11.3 Å². The lowest BCUT2D eigenvalue weighted by Crippen LogP contribution is -2.51. The lowest BCUT2D eigenvalue weighted by atomic mass is 10.1. The van der Waals surface area contributed by atoms with Crippen molar-refractivity contribution >= 4 is 15.9 Å². The quantitative estimate of drug-likeness (QED) is 0.871. The maximum absolute atomic E-state index is 12.6. The summed E-state index contributed by atoms with van der Waals surface area (Å²) in [6, 6.07) is 7.11. The molecule has 2 saturated heterocycles. The molecule has 0 spiro atoms. The predicted octanol–water partition coefficient (Wildman–Crippen LogP) is 1.22. The Morgan fingerprint density at radius 2 is 1.80 bits per heavy atom. The van der Waals surface area contributed by atoms with Crippen LogP contribution < -0.4 is 5.32 Å². The number of piperazine rings is 1. The molecule has 3 rings (SSSR count). The molecule has 0 bridgehead atoms. The van der Waals surface area contributed by atoms with E-state index in [1.54, 1.807) is 28.6 Å². The number of benzene rings is 1. The van der Waals surface area contributed by atoms with Crippen LogP contribution in [0.15, 0.2) is 29.2 Å². The Kier molecular flexibility index (Phi) is 5.76. The zero-order valence-electron chi connectivity index (χ0n) is 14.8. The Labute approximate surface area is 150 Å². The van der Waals surface area contributed by atoms with Crippen LogP contribution in [0.2, 0.25) is 0 Å². The fourth-order valence-electron chi connectivity index (χ4n) is 3.48. The van der Waals surface area contributed by atoms with Crippen LogP contribution in [0.3, 0.4) is 0 Å². The maximum Gasteiger partial charge on any atom is 0.243 e. The van der Waals surface area contributed by atoms with E-state index >= 15 is 0 Å². The molecular weight excluding hydrogens is 338 g/mol. The first-order chi connectivity index (χ1) is 12.0. The number of nitrogens with one attached hydrogen (secondary N) is 1. The Morgan fingerprint density at radius 1 is 1.12 bits per heavy atom. The second kappa shape index (κ2) is 7.85. The number of piperidine rings is 1. The van der Waals surface area contributed by atoms with Crippen molar-refractivity contribution in [1.29, 1.82) is 0 Å². The Bertz CT molecular complexity index is 697. The van der Waals surface area contributed by atoms with Gasteiger partial charge in [-0.25, -0.2) is 8.42 Å². The van der Waals surface area contributed by atoms with Crippen LogP contribution in [0.25, 0.3) is 0 Å². The molecule has 1 amide bonds. The number of amides is 1.